The van der Waals surface area contributed by atoms with Gasteiger partial charge in [-0.15, -0.1) is 0 Å². The van der Waals surface area contributed by atoms with E-state index < -0.39 is 0 Å². The van der Waals surface area contributed by atoms with Crippen LogP contribution in [0.5, 0.6) is 0 Å². The number of fused-ring (bicyclic) bond motifs is 2. The van der Waals surface area contributed by atoms with E-state index in [1.54, 1.807) is 0 Å². The van der Waals surface area contributed by atoms with E-state index in [0.717, 1.165) is 25.7 Å². The Hall–Kier alpha value is -1.65. The van der Waals surface area contributed by atoms with Crippen LogP contribution in [0.4, 0.5) is 0 Å². The minimum Gasteiger partial charge on any atom is -0.315 e. The van der Waals surface area contributed by atoms with Gasteiger partial charge in [0.2, 0.25) is 0 Å². The Balaban J connectivity index is 1.64. The maximum Gasteiger partial charge on any atom is 0.0698 e. The first-order valence-electron chi connectivity index (χ1n) is 8.78. The summed E-state index contributed by atoms with van der Waals surface area (Å²) >= 11 is 0. The summed E-state index contributed by atoms with van der Waals surface area (Å²) in [6.45, 7) is 7.63. The van der Waals surface area contributed by atoms with E-state index in [1.165, 1.54) is 47.2 Å². The Morgan fingerprint density at radius 3 is 2.96 bits per heavy atom. The first kappa shape index (κ1) is 14.9. The summed E-state index contributed by atoms with van der Waals surface area (Å²) in [5.41, 5.74) is 6.42. The Labute approximate surface area is 138 Å². The van der Waals surface area contributed by atoms with Crippen molar-refractivity contribution in [3.8, 4) is 11.3 Å². The molecule has 2 atom stereocenters. The molecule has 0 radical (unpaired) electrons. The normalized spacial score (nSPS) is 24.8. The number of hydrogen-bond donors (Lipinski definition) is 2. The van der Waals surface area contributed by atoms with E-state index in [0.29, 0.717) is 6.04 Å². The Morgan fingerprint density at radius 2 is 2.04 bits per heavy atom. The maximum absolute atomic E-state index is 4.36. The zero-order chi connectivity index (χ0) is 15.8. The van der Waals surface area contributed by atoms with E-state index in [2.05, 4.69) is 52.5 Å². The second-order valence-electron chi connectivity index (χ2n) is 7.14. The lowest BCUT2D eigenvalue weighted by Crippen LogP contribution is -2.37. The highest BCUT2D eigenvalue weighted by Crippen LogP contribution is 2.32. The van der Waals surface area contributed by atoms with Crippen LogP contribution in [0.2, 0.25) is 0 Å². The van der Waals surface area contributed by atoms with Crippen molar-refractivity contribution in [2.45, 2.75) is 51.7 Å². The molecule has 2 saturated heterocycles. The summed E-state index contributed by atoms with van der Waals surface area (Å²) in [5, 5.41) is 11.2. The second-order valence-corrected chi connectivity index (χ2v) is 7.14. The first-order valence-corrected chi connectivity index (χ1v) is 8.78. The lowest BCUT2D eigenvalue weighted by Gasteiger charge is -2.27. The molecule has 2 aliphatic heterocycles. The molecule has 0 unspecified atom stereocenters. The molecule has 0 amide bonds. The number of nitrogens with zero attached hydrogens (tertiary/aromatic N) is 2. The third-order valence-corrected chi connectivity index (χ3v) is 5.54. The van der Waals surface area contributed by atoms with Crippen molar-refractivity contribution in [1.29, 1.82) is 0 Å². The summed E-state index contributed by atoms with van der Waals surface area (Å²) in [5.74, 6) is 0. The minimum atomic E-state index is 0.684. The molecule has 2 aliphatic rings. The third-order valence-electron chi connectivity index (χ3n) is 5.54. The van der Waals surface area contributed by atoms with E-state index in [1.807, 2.05) is 6.20 Å². The quantitative estimate of drug-likeness (QED) is 0.916. The van der Waals surface area contributed by atoms with Crippen LogP contribution >= 0.6 is 0 Å². The van der Waals surface area contributed by atoms with Crippen molar-refractivity contribution in [2.24, 2.45) is 0 Å². The Morgan fingerprint density at radius 1 is 1.17 bits per heavy atom. The molecule has 2 fully saturated rings. The highest BCUT2D eigenvalue weighted by atomic mass is 15.2. The van der Waals surface area contributed by atoms with Crippen molar-refractivity contribution in [3.63, 3.8) is 0 Å². The average Bonchev–Trinajstić information content (AvgIpc) is 3.06. The highest BCUT2D eigenvalue weighted by molar-refractivity contribution is 5.67. The van der Waals surface area contributed by atoms with Gasteiger partial charge in [-0.2, -0.15) is 5.10 Å². The van der Waals surface area contributed by atoms with Crippen LogP contribution in [0, 0.1) is 13.8 Å². The number of rotatable bonds is 3. The molecular weight excluding hydrogens is 284 g/mol. The largest absolute Gasteiger partial charge is 0.315 e. The molecule has 23 heavy (non-hydrogen) atoms. The van der Waals surface area contributed by atoms with Gasteiger partial charge in [0.05, 0.1) is 11.9 Å². The predicted molar refractivity (Wildman–Crippen MR) is 93.3 cm³/mol. The number of aromatic amines is 1. The molecule has 0 spiro atoms. The lowest BCUT2D eigenvalue weighted by molar-refractivity contribution is 0.194. The summed E-state index contributed by atoms with van der Waals surface area (Å²) in [4.78, 5) is 2.71. The Kier molecular flexibility index (Phi) is 3.95. The van der Waals surface area contributed by atoms with Crippen molar-refractivity contribution in [3.05, 3.63) is 41.1 Å². The van der Waals surface area contributed by atoms with E-state index in [-0.39, 0.29) is 0 Å². The molecule has 2 bridgehead atoms. The topological polar surface area (TPSA) is 44.0 Å². The molecule has 1 aromatic carbocycles. The molecule has 122 valence electrons. The fourth-order valence-corrected chi connectivity index (χ4v) is 4.21. The summed E-state index contributed by atoms with van der Waals surface area (Å²) in [7, 11) is 0. The fourth-order valence-electron chi connectivity index (χ4n) is 4.21. The van der Waals surface area contributed by atoms with Gasteiger partial charge in [0.15, 0.2) is 0 Å². The number of aromatic nitrogens is 2. The first-order chi connectivity index (χ1) is 11.2. The van der Waals surface area contributed by atoms with Gasteiger partial charge in [0, 0.05) is 36.3 Å². The molecule has 0 saturated carbocycles. The minimum absolute atomic E-state index is 0.684. The van der Waals surface area contributed by atoms with E-state index >= 15 is 0 Å². The van der Waals surface area contributed by atoms with Crippen LogP contribution in [-0.2, 0) is 6.54 Å². The molecule has 1 aromatic heterocycles. The van der Waals surface area contributed by atoms with Gasteiger partial charge in [-0.1, -0.05) is 17.7 Å². The van der Waals surface area contributed by atoms with Gasteiger partial charge in [-0.05, 0) is 51.3 Å². The zero-order valence-electron chi connectivity index (χ0n) is 14.1. The van der Waals surface area contributed by atoms with Crippen molar-refractivity contribution >= 4 is 0 Å². The average molecular weight is 310 g/mol. The van der Waals surface area contributed by atoms with Crippen LogP contribution in [0.3, 0.4) is 0 Å². The predicted octanol–water partition coefficient (Wildman–Crippen LogP) is 3.02. The molecule has 3 heterocycles. The van der Waals surface area contributed by atoms with E-state index in [4.69, 9.17) is 0 Å². The van der Waals surface area contributed by atoms with Gasteiger partial charge >= 0.3 is 0 Å². The van der Waals surface area contributed by atoms with Gasteiger partial charge in [-0.3, -0.25) is 10.00 Å². The molecule has 2 aromatic rings. The van der Waals surface area contributed by atoms with Gasteiger partial charge < -0.3 is 5.32 Å². The smallest absolute Gasteiger partial charge is 0.0698 e. The van der Waals surface area contributed by atoms with E-state index in [9.17, 15) is 0 Å². The number of nitrogens with one attached hydrogen (secondary N) is 2. The van der Waals surface area contributed by atoms with Crippen molar-refractivity contribution in [1.82, 2.24) is 20.4 Å². The summed E-state index contributed by atoms with van der Waals surface area (Å²) in [6.07, 6.45) is 5.97. The van der Waals surface area contributed by atoms with Gasteiger partial charge in [0.1, 0.15) is 0 Å². The SMILES string of the molecule is Cc1ccc(C)c(-c2[nH]ncc2CN2[C@@H]3CCNC[C@H]2CC3)c1. The van der Waals surface area contributed by atoms with Crippen LogP contribution in [0.25, 0.3) is 11.3 Å². The molecule has 4 heteroatoms. The zero-order valence-corrected chi connectivity index (χ0v) is 14.1. The number of H-pyrrole nitrogens is 1. The van der Waals surface area contributed by atoms with Crippen LogP contribution in [-0.4, -0.2) is 40.3 Å². The highest BCUT2D eigenvalue weighted by Gasteiger charge is 2.35. The van der Waals surface area contributed by atoms with Gasteiger partial charge in [0.25, 0.3) is 0 Å². The monoisotopic (exact) mass is 310 g/mol. The third kappa shape index (κ3) is 2.81. The number of aryl methyl sites for hydroxylation is 2. The Bertz CT molecular complexity index is 676. The van der Waals surface area contributed by atoms with Gasteiger partial charge in [-0.25, -0.2) is 0 Å². The van der Waals surface area contributed by atoms with Crippen LogP contribution in [0.1, 0.15) is 36.0 Å². The van der Waals surface area contributed by atoms with Crippen molar-refractivity contribution < 1.29 is 0 Å². The molecular formula is C19H26N4. The molecule has 0 aliphatic carbocycles. The van der Waals surface area contributed by atoms with Crippen LogP contribution in [0.15, 0.2) is 24.4 Å². The fraction of sp³-hybridized carbons (Fsp3) is 0.526. The summed E-state index contributed by atoms with van der Waals surface area (Å²) in [6, 6.07) is 8.07. The van der Waals surface area contributed by atoms with Crippen LogP contribution < -0.4 is 5.32 Å². The second kappa shape index (κ2) is 6.10. The molecule has 4 nitrogen and oxygen atoms in total. The number of hydrogen-bond acceptors (Lipinski definition) is 3. The standard InChI is InChI=1S/C19H26N4/c1-13-3-4-14(2)18(9-13)19-15(10-21-22-19)12-23-16-5-6-17(23)11-20-8-7-16/h3-4,9-10,16-17,20H,5-8,11-12H2,1-2H3,(H,21,22)/t16-,17+/m0/s1. The lowest BCUT2D eigenvalue weighted by atomic mass is 10.00. The summed E-state index contributed by atoms with van der Waals surface area (Å²) < 4.78 is 0. The molecule has 4 rings (SSSR count). The van der Waals surface area contributed by atoms with Crippen molar-refractivity contribution in [2.75, 3.05) is 13.1 Å². The number of benzene rings is 1. The maximum atomic E-state index is 4.36. The molecule has 2 N–H and O–H groups in total.